The van der Waals surface area contributed by atoms with Crippen molar-refractivity contribution in [2.45, 2.75) is 0 Å². The van der Waals surface area contributed by atoms with Gasteiger partial charge < -0.3 is 10.5 Å². The molecule has 0 aliphatic rings. The molecule has 2 rings (SSSR count). The number of benzene rings is 2. The van der Waals surface area contributed by atoms with Crippen molar-refractivity contribution in [3.8, 4) is 11.5 Å². The van der Waals surface area contributed by atoms with Gasteiger partial charge in [-0.2, -0.15) is 0 Å². The second-order valence-electron chi connectivity index (χ2n) is 3.28. The summed E-state index contributed by atoms with van der Waals surface area (Å²) in [5.41, 5.74) is 4.68. The van der Waals surface area contributed by atoms with Gasteiger partial charge in [-0.25, -0.2) is 0 Å². The molecule has 2 aromatic carbocycles. The Hall–Kier alpha value is -1.22. The van der Waals surface area contributed by atoms with Crippen LogP contribution in [0.5, 0.6) is 11.5 Å². The van der Waals surface area contributed by atoms with Crippen LogP contribution in [0.25, 0.3) is 0 Å². The van der Waals surface area contributed by atoms with Gasteiger partial charge in [0.25, 0.3) is 0 Å². The fourth-order valence-electron chi connectivity index (χ4n) is 1.28. The summed E-state index contributed by atoms with van der Waals surface area (Å²) in [6, 6.07) is 12.6. The lowest BCUT2D eigenvalue weighted by atomic mass is 10.3. The van der Waals surface area contributed by atoms with Crippen LogP contribution in [0.3, 0.4) is 0 Å². The van der Waals surface area contributed by atoms with Crippen LogP contribution < -0.4 is 10.5 Å². The minimum Gasteiger partial charge on any atom is -0.450 e. The second kappa shape index (κ2) is 4.74. The average Bonchev–Trinajstić information content (AvgIpc) is 2.25. The summed E-state index contributed by atoms with van der Waals surface area (Å²) in [6.45, 7) is 0. The highest BCUT2D eigenvalue weighted by molar-refractivity contribution is 6.35. The molecule has 0 spiro atoms. The summed E-state index contributed by atoms with van der Waals surface area (Å²) >= 11 is 11.8. The maximum Gasteiger partial charge on any atom is 0.187 e. The van der Waals surface area contributed by atoms with Crippen molar-refractivity contribution in [3.63, 3.8) is 0 Å². The number of hydrogen-bond donors (Lipinski definition) is 1. The molecule has 0 bridgehead atoms. The van der Waals surface area contributed by atoms with E-state index < -0.39 is 0 Å². The fourth-order valence-corrected chi connectivity index (χ4v) is 1.73. The summed E-state index contributed by atoms with van der Waals surface area (Å²) in [5.74, 6) is 1.26. The summed E-state index contributed by atoms with van der Waals surface area (Å²) in [5, 5.41) is 1.07. The molecule has 0 amide bonds. The Balaban J connectivity index is 2.31. The third-order valence-electron chi connectivity index (χ3n) is 2.09. The van der Waals surface area contributed by atoms with Gasteiger partial charge in [-0.1, -0.05) is 35.3 Å². The van der Waals surface area contributed by atoms with Gasteiger partial charge in [-0.15, -0.1) is 0 Å². The Kier molecular flexibility index (Phi) is 3.34. The van der Waals surface area contributed by atoms with Gasteiger partial charge in [-0.05, 0) is 24.3 Å². The van der Waals surface area contributed by atoms with Crippen LogP contribution in [0.15, 0.2) is 42.5 Å². The highest BCUT2D eigenvalue weighted by Crippen LogP contribution is 2.33. The third-order valence-corrected chi connectivity index (χ3v) is 2.62. The zero-order valence-corrected chi connectivity index (χ0v) is 9.92. The van der Waals surface area contributed by atoms with Crippen molar-refractivity contribution < 1.29 is 10.5 Å². The van der Waals surface area contributed by atoms with E-state index in [0.29, 0.717) is 21.5 Å². The predicted molar refractivity (Wildman–Crippen MR) is 65.5 cm³/mol. The zero-order valence-electron chi connectivity index (χ0n) is 8.41. The topological polar surface area (TPSA) is 36.9 Å². The standard InChI is InChI=1S/C12H9Cl2NO/c13-8-5-6-11(9(14)7-8)16-12-4-2-1-3-10(12)15/h1-7H,15H2/p+1. The van der Waals surface area contributed by atoms with Crippen LogP contribution in [0.1, 0.15) is 0 Å². The van der Waals surface area contributed by atoms with Gasteiger partial charge in [0.2, 0.25) is 0 Å². The van der Waals surface area contributed by atoms with E-state index in [9.17, 15) is 0 Å². The predicted octanol–water partition coefficient (Wildman–Crippen LogP) is 3.66. The number of ether oxygens (including phenoxy) is 1. The Morgan fingerprint density at radius 3 is 2.38 bits per heavy atom. The lowest BCUT2D eigenvalue weighted by Crippen LogP contribution is -2.40. The summed E-state index contributed by atoms with van der Waals surface area (Å²) in [4.78, 5) is 0. The van der Waals surface area contributed by atoms with E-state index in [4.69, 9.17) is 27.9 Å². The molecular formula is C12H10Cl2NO+. The van der Waals surface area contributed by atoms with Crippen molar-refractivity contribution >= 4 is 28.9 Å². The van der Waals surface area contributed by atoms with Gasteiger partial charge >= 0.3 is 0 Å². The largest absolute Gasteiger partial charge is 0.450 e. The molecule has 0 aliphatic heterocycles. The van der Waals surface area contributed by atoms with E-state index >= 15 is 0 Å². The molecule has 0 aromatic heterocycles. The number of hydrogen-bond acceptors (Lipinski definition) is 1. The van der Waals surface area contributed by atoms with E-state index in [0.717, 1.165) is 5.69 Å². The molecule has 0 aliphatic carbocycles. The molecule has 3 N–H and O–H groups in total. The number of rotatable bonds is 2. The molecule has 0 fully saturated rings. The summed E-state index contributed by atoms with van der Waals surface area (Å²) in [6.07, 6.45) is 0. The van der Waals surface area contributed by atoms with E-state index in [1.54, 1.807) is 18.2 Å². The Bertz CT molecular complexity index is 514. The molecular weight excluding hydrogens is 245 g/mol. The SMILES string of the molecule is [NH3+]c1ccccc1Oc1ccc(Cl)cc1Cl. The number of quaternary nitrogens is 1. The molecule has 82 valence electrons. The van der Waals surface area contributed by atoms with E-state index in [1.165, 1.54) is 0 Å². The van der Waals surface area contributed by atoms with Gasteiger partial charge in [-0.3, -0.25) is 0 Å². The Labute approximate surface area is 104 Å². The minimum atomic E-state index is 0.482. The first kappa shape index (κ1) is 11.3. The summed E-state index contributed by atoms with van der Waals surface area (Å²) < 4.78 is 5.64. The van der Waals surface area contributed by atoms with E-state index in [1.807, 2.05) is 24.3 Å². The van der Waals surface area contributed by atoms with Crippen LogP contribution in [-0.2, 0) is 0 Å². The monoisotopic (exact) mass is 254 g/mol. The number of halogens is 2. The lowest BCUT2D eigenvalue weighted by molar-refractivity contribution is -0.256. The molecule has 0 heterocycles. The second-order valence-corrected chi connectivity index (χ2v) is 4.13. The van der Waals surface area contributed by atoms with Crippen molar-refractivity contribution in [1.29, 1.82) is 0 Å². The normalized spacial score (nSPS) is 10.2. The van der Waals surface area contributed by atoms with Crippen molar-refractivity contribution in [1.82, 2.24) is 0 Å². The van der Waals surface area contributed by atoms with Crippen LogP contribution in [0.2, 0.25) is 10.0 Å². The number of para-hydroxylation sites is 1. The van der Waals surface area contributed by atoms with Crippen LogP contribution in [-0.4, -0.2) is 0 Å². The lowest BCUT2D eigenvalue weighted by Gasteiger charge is -2.07. The zero-order chi connectivity index (χ0) is 11.5. The molecule has 2 nitrogen and oxygen atoms in total. The van der Waals surface area contributed by atoms with Gasteiger partial charge in [0.15, 0.2) is 11.4 Å². The van der Waals surface area contributed by atoms with Gasteiger partial charge in [0.05, 0.1) is 5.02 Å². The van der Waals surface area contributed by atoms with Crippen molar-refractivity contribution in [2.75, 3.05) is 0 Å². The van der Waals surface area contributed by atoms with Crippen molar-refractivity contribution in [3.05, 3.63) is 52.5 Å². The minimum absolute atomic E-state index is 0.482. The van der Waals surface area contributed by atoms with Crippen LogP contribution in [0.4, 0.5) is 5.69 Å². The van der Waals surface area contributed by atoms with Gasteiger partial charge in [0, 0.05) is 11.1 Å². The highest BCUT2D eigenvalue weighted by atomic mass is 35.5. The van der Waals surface area contributed by atoms with E-state index in [2.05, 4.69) is 5.73 Å². The molecule has 4 heteroatoms. The molecule has 0 radical (unpaired) electrons. The fraction of sp³-hybridized carbons (Fsp3) is 0. The molecule has 16 heavy (non-hydrogen) atoms. The Morgan fingerprint density at radius 2 is 1.69 bits per heavy atom. The molecule has 0 unspecified atom stereocenters. The summed E-state index contributed by atoms with van der Waals surface area (Å²) in [7, 11) is 0. The maximum atomic E-state index is 6.00. The molecule has 0 saturated heterocycles. The quantitative estimate of drug-likeness (QED) is 0.873. The first-order valence-electron chi connectivity index (χ1n) is 4.71. The van der Waals surface area contributed by atoms with Gasteiger partial charge in [0.1, 0.15) is 5.75 Å². The first-order valence-corrected chi connectivity index (χ1v) is 5.46. The van der Waals surface area contributed by atoms with E-state index in [-0.39, 0.29) is 0 Å². The van der Waals surface area contributed by atoms with Crippen molar-refractivity contribution in [2.24, 2.45) is 0 Å². The smallest absolute Gasteiger partial charge is 0.187 e. The Morgan fingerprint density at radius 1 is 0.938 bits per heavy atom. The maximum absolute atomic E-state index is 6.00. The molecule has 0 saturated carbocycles. The molecule has 2 aromatic rings. The highest BCUT2D eigenvalue weighted by Gasteiger charge is 2.07. The first-order chi connectivity index (χ1) is 7.66. The van der Waals surface area contributed by atoms with Crippen LogP contribution >= 0.6 is 23.2 Å². The molecule has 0 atom stereocenters. The average molecular weight is 255 g/mol. The van der Waals surface area contributed by atoms with Crippen LogP contribution in [0, 0.1) is 0 Å². The third kappa shape index (κ3) is 2.47.